The van der Waals surface area contributed by atoms with E-state index in [1.165, 1.54) is 58.3 Å². The van der Waals surface area contributed by atoms with E-state index < -0.39 is 0 Å². The summed E-state index contributed by atoms with van der Waals surface area (Å²) in [4.78, 5) is 4.99. The second-order valence-electron chi connectivity index (χ2n) is 5.50. The van der Waals surface area contributed by atoms with Crippen molar-refractivity contribution in [3.8, 4) is 0 Å². The number of likely N-dealkylation sites (tertiary alicyclic amines) is 1. The molecule has 0 radical (unpaired) electrons. The first-order valence-electron chi connectivity index (χ1n) is 7.33. The molecule has 3 nitrogen and oxygen atoms in total. The molecule has 0 saturated carbocycles. The Morgan fingerprint density at radius 2 is 2.12 bits per heavy atom. The van der Waals surface area contributed by atoms with Crippen LogP contribution in [0.4, 0.5) is 0 Å². The van der Waals surface area contributed by atoms with Crippen molar-refractivity contribution < 1.29 is 0 Å². The van der Waals surface area contributed by atoms with Gasteiger partial charge in [0, 0.05) is 25.7 Å². The van der Waals surface area contributed by atoms with Gasteiger partial charge in [-0.15, -0.1) is 0 Å². The minimum Gasteiger partial charge on any atom is -0.315 e. The average Bonchev–Trinajstić information content (AvgIpc) is 2.33. The third kappa shape index (κ3) is 6.39. The molecule has 1 N–H and O–H groups in total. The Kier molecular flexibility index (Phi) is 7.82. The summed E-state index contributed by atoms with van der Waals surface area (Å²) >= 11 is 0. The molecule has 0 aromatic rings. The lowest BCUT2D eigenvalue weighted by atomic mass is 10.1. The van der Waals surface area contributed by atoms with Crippen molar-refractivity contribution in [1.29, 1.82) is 0 Å². The SMILES string of the molecule is CCCCCNCCN(C)C1CCCN(C)C1. The summed E-state index contributed by atoms with van der Waals surface area (Å²) in [5.41, 5.74) is 0. The van der Waals surface area contributed by atoms with E-state index in [4.69, 9.17) is 0 Å². The van der Waals surface area contributed by atoms with Gasteiger partial charge in [-0.25, -0.2) is 0 Å². The normalized spacial score (nSPS) is 22.2. The van der Waals surface area contributed by atoms with E-state index >= 15 is 0 Å². The van der Waals surface area contributed by atoms with E-state index in [1.807, 2.05) is 0 Å². The molecule has 102 valence electrons. The summed E-state index contributed by atoms with van der Waals surface area (Å²) in [6.07, 6.45) is 6.73. The summed E-state index contributed by atoms with van der Waals surface area (Å²) < 4.78 is 0. The molecule has 1 rings (SSSR count). The predicted octanol–water partition coefficient (Wildman–Crippen LogP) is 1.79. The second kappa shape index (κ2) is 8.90. The Bertz CT molecular complexity index is 184. The Morgan fingerprint density at radius 1 is 1.29 bits per heavy atom. The Hall–Kier alpha value is -0.120. The zero-order valence-electron chi connectivity index (χ0n) is 12.0. The summed E-state index contributed by atoms with van der Waals surface area (Å²) in [5.74, 6) is 0. The number of rotatable bonds is 8. The van der Waals surface area contributed by atoms with Gasteiger partial charge in [0.25, 0.3) is 0 Å². The van der Waals surface area contributed by atoms with E-state index in [-0.39, 0.29) is 0 Å². The van der Waals surface area contributed by atoms with Crippen LogP contribution in [0, 0.1) is 0 Å². The molecule has 1 unspecified atom stereocenters. The van der Waals surface area contributed by atoms with Gasteiger partial charge >= 0.3 is 0 Å². The number of nitrogens with one attached hydrogen (secondary N) is 1. The molecule has 1 aliphatic heterocycles. The van der Waals surface area contributed by atoms with Crippen LogP contribution in [-0.4, -0.2) is 62.7 Å². The fourth-order valence-electron chi connectivity index (χ4n) is 2.56. The Morgan fingerprint density at radius 3 is 2.82 bits per heavy atom. The number of likely N-dealkylation sites (N-methyl/N-ethyl adjacent to an activating group) is 2. The van der Waals surface area contributed by atoms with Gasteiger partial charge in [-0.05, 0) is 46.4 Å². The molecular formula is C14H31N3. The monoisotopic (exact) mass is 241 g/mol. The van der Waals surface area contributed by atoms with E-state index in [0.717, 1.165) is 12.6 Å². The minimum absolute atomic E-state index is 0.770. The second-order valence-corrected chi connectivity index (χ2v) is 5.50. The van der Waals surface area contributed by atoms with Crippen LogP contribution < -0.4 is 5.32 Å². The fraction of sp³-hybridized carbons (Fsp3) is 1.00. The molecular weight excluding hydrogens is 210 g/mol. The maximum absolute atomic E-state index is 3.55. The molecule has 0 aliphatic carbocycles. The largest absolute Gasteiger partial charge is 0.315 e. The molecule has 0 bridgehead atoms. The number of nitrogens with zero attached hydrogens (tertiary/aromatic N) is 2. The number of hydrogen-bond donors (Lipinski definition) is 1. The lowest BCUT2D eigenvalue weighted by Gasteiger charge is -2.35. The Labute approximate surface area is 108 Å². The van der Waals surface area contributed by atoms with E-state index in [2.05, 4.69) is 36.1 Å². The first kappa shape index (κ1) is 14.9. The lowest BCUT2D eigenvalue weighted by Crippen LogP contribution is -2.46. The van der Waals surface area contributed by atoms with Crippen molar-refractivity contribution in [3.05, 3.63) is 0 Å². The molecule has 3 heteroatoms. The Balaban J connectivity index is 2.02. The smallest absolute Gasteiger partial charge is 0.0221 e. The van der Waals surface area contributed by atoms with Crippen LogP contribution in [0.25, 0.3) is 0 Å². The van der Waals surface area contributed by atoms with Crippen LogP contribution in [0.15, 0.2) is 0 Å². The topological polar surface area (TPSA) is 18.5 Å². The number of hydrogen-bond acceptors (Lipinski definition) is 3. The highest BCUT2D eigenvalue weighted by molar-refractivity contribution is 4.77. The van der Waals surface area contributed by atoms with Crippen molar-refractivity contribution in [3.63, 3.8) is 0 Å². The van der Waals surface area contributed by atoms with Gasteiger partial charge in [0.2, 0.25) is 0 Å². The molecule has 0 spiro atoms. The van der Waals surface area contributed by atoms with Crippen molar-refractivity contribution in [2.45, 2.75) is 45.1 Å². The molecule has 1 saturated heterocycles. The van der Waals surface area contributed by atoms with Gasteiger partial charge in [-0.3, -0.25) is 0 Å². The molecule has 1 atom stereocenters. The highest BCUT2D eigenvalue weighted by Gasteiger charge is 2.20. The molecule has 0 aromatic heterocycles. The minimum atomic E-state index is 0.770. The molecule has 1 fully saturated rings. The summed E-state index contributed by atoms with van der Waals surface area (Å²) in [6, 6.07) is 0.770. The van der Waals surface area contributed by atoms with E-state index in [1.54, 1.807) is 0 Å². The molecule has 1 aliphatic rings. The van der Waals surface area contributed by atoms with Crippen LogP contribution in [-0.2, 0) is 0 Å². The number of unbranched alkanes of at least 4 members (excludes halogenated alkanes) is 2. The van der Waals surface area contributed by atoms with Crippen LogP contribution in [0.1, 0.15) is 39.0 Å². The van der Waals surface area contributed by atoms with E-state index in [0.29, 0.717) is 0 Å². The standard InChI is InChI=1S/C14H31N3/c1-4-5-6-9-15-10-12-17(3)14-8-7-11-16(2)13-14/h14-15H,4-13H2,1-3H3. The molecule has 17 heavy (non-hydrogen) atoms. The maximum atomic E-state index is 3.55. The third-order valence-corrected chi connectivity index (χ3v) is 3.82. The first-order valence-corrected chi connectivity index (χ1v) is 7.33. The molecule has 0 aromatic carbocycles. The molecule has 1 heterocycles. The van der Waals surface area contributed by atoms with Crippen molar-refractivity contribution in [1.82, 2.24) is 15.1 Å². The van der Waals surface area contributed by atoms with Gasteiger partial charge in [0.1, 0.15) is 0 Å². The summed E-state index contributed by atoms with van der Waals surface area (Å²) in [6.45, 7) is 8.29. The third-order valence-electron chi connectivity index (χ3n) is 3.82. The van der Waals surface area contributed by atoms with Crippen molar-refractivity contribution in [2.24, 2.45) is 0 Å². The highest BCUT2D eigenvalue weighted by Crippen LogP contribution is 2.12. The average molecular weight is 241 g/mol. The zero-order chi connectivity index (χ0) is 12.5. The van der Waals surface area contributed by atoms with Gasteiger partial charge in [-0.2, -0.15) is 0 Å². The summed E-state index contributed by atoms with van der Waals surface area (Å²) in [5, 5.41) is 3.55. The quantitative estimate of drug-likeness (QED) is 0.654. The first-order chi connectivity index (χ1) is 8.24. The van der Waals surface area contributed by atoms with E-state index in [9.17, 15) is 0 Å². The van der Waals surface area contributed by atoms with Gasteiger partial charge < -0.3 is 15.1 Å². The maximum Gasteiger partial charge on any atom is 0.0221 e. The number of piperidine rings is 1. The van der Waals surface area contributed by atoms with Crippen molar-refractivity contribution >= 4 is 0 Å². The highest BCUT2D eigenvalue weighted by atomic mass is 15.2. The van der Waals surface area contributed by atoms with Gasteiger partial charge in [0.15, 0.2) is 0 Å². The van der Waals surface area contributed by atoms with Gasteiger partial charge in [0.05, 0.1) is 0 Å². The predicted molar refractivity (Wildman–Crippen MR) is 75.5 cm³/mol. The van der Waals surface area contributed by atoms with Gasteiger partial charge in [-0.1, -0.05) is 19.8 Å². The fourth-order valence-corrected chi connectivity index (χ4v) is 2.56. The van der Waals surface area contributed by atoms with Crippen LogP contribution in [0.5, 0.6) is 0 Å². The van der Waals surface area contributed by atoms with Crippen molar-refractivity contribution in [2.75, 3.05) is 46.8 Å². The zero-order valence-corrected chi connectivity index (χ0v) is 12.0. The van der Waals surface area contributed by atoms with Crippen LogP contribution in [0.3, 0.4) is 0 Å². The summed E-state index contributed by atoms with van der Waals surface area (Å²) in [7, 11) is 4.51. The lowest BCUT2D eigenvalue weighted by molar-refractivity contribution is 0.135. The van der Waals surface area contributed by atoms with Crippen LogP contribution in [0.2, 0.25) is 0 Å². The van der Waals surface area contributed by atoms with Crippen LogP contribution >= 0.6 is 0 Å². The molecule has 0 amide bonds.